The van der Waals surface area contributed by atoms with Crippen molar-refractivity contribution in [3.05, 3.63) is 23.2 Å². The van der Waals surface area contributed by atoms with E-state index in [0.29, 0.717) is 0 Å². The van der Waals surface area contributed by atoms with Gasteiger partial charge in [-0.05, 0) is 64.5 Å². The number of fused-ring (bicyclic) bond motifs is 1. The molecule has 3 heterocycles. The van der Waals surface area contributed by atoms with Crippen LogP contribution in [0.5, 0.6) is 0 Å². The van der Waals surface area contributed by atoms with Crippen LogP contribution in [0.3, 0.4) is 0 Å². The molecule has 3 rings (SSSR count). The highest BCUT2D eigenvalue weighted by Crippen LogP contribution is 2.23. The van der Waals surface area contributed by atoms with Crippen molar-refractivity contribution in [3.63, 3.8) is 0 Å². The van der Waals surface area contributed by atoms with Gasteiger partial charge in [-0.3, -0.25) is 9.80 Å². The van der Waals surface area contributed by atoms with Crippen LogP contribution in [0.25, 0.3) is 0 Å². The Morgan fingerprint density at radius 2 is 2.15 bits per heavy atom. The van der Waals surface area contributed by atoms with Crippen LogP contribution in [0, 0.1) is 6.92 Å². The number of nitrogens with one attached hydrogen (secondary N) is 1. The molecule has 0 aromatic carbocycles. The largest absolute Gasteiger partial charge is 0.463 e. The van der Waals surface area contributed by atoms with Gasteiger partial charge in [0.1, 0.15) is 11.5 Å². The van der Waals surface area contributed by atoms with E-state index in [4.69, 9.17) is 4.42 Å². The summed E-state index contributed by atoms with van der Waals surface area (Å²) in [7, 11) is 1.96. The van der Waals surface area contributed by atoms with Gasteiger partial charge < -0.3 is 9.73 Å². The second kappa shape index (κ2) is 6.29. The number of furan rings is 1. The summed E-state index contributed by atoms with van der Waals surface area (Å²) in [6.07, 6.45) is 4.04. The number of hydrogen-bond donors (Lipinski definition) is 1. The molecule has 1 N–H and O–H groups in total. The Hall–Kier alpha value is -0.840. The van der Waals surface area contributed by atoms with Crippen LogP contribution in [-0.2, 0) is 13.1 Å². The average Bonchev–Trinajstić information content (AvgIpc) is 2.93. The third kappa shape index (κ3) is 3.08. The Kier molecular flexibility index (Phi) is 4.44. The third-order valence-corrected chi connectivity index (χ3v) is 4.68. The minimum atomic E-state index is 0.783. The maximum Gasteiger partial charge on any atom is 0.120 e. The molecule has 4 nitrogen and oxygen atoms in total. The number of aryl methyl sites for hydroxylation is 1. The Labute approximate surface area is 122 Å². The standard InChI is InChI=1S/C16H27N3O/c1-13-9-15(20-16(13)10-17-2)12-18-6-4-8-19-7-3-5-14(19)11-18/h9,14,17H,3-8,10-12H2,1-2H3. The molecule has 2 aliphatic rings. The fraction of sp³-hybridized carbons (Fsp3) is 0.750. The summed E-state index contributed by atoms with van der Waals surface area (Å²) in [5.41, 5.74) is 1.27. The van der Waals surface area contributed by atoms with Gasteiger partial charge in [0.2, 0.25) is 0 Å². The Balaban J connectivity index is 1.63. The third-order valence-electron chi connectivity index (χ3n) is 4.68. The Morgan fingerprint density at radius 1 is 1.30 bits per heavy atom. The van der Waals surface area contributed by atoms with Crippen LogP contribution in [0.15, 0.2) is 10.5 Å². The molecular weight excluding hydrogens is 250 g/mol. The number of hydrogen-bond acceptors (Lipinski definition) is 4. The van der Waals surface area contributed by atoms with Gasteiger partial charge in [-0.15, -0.1) is 0 Å². The molecule has 112 valence electrons. The summed E-state index contributed by atoms with van der Waals surface area (Å²) < 4.78 is 5.99. The molecule has 2 aliphatic heterocycles. The van der Waals surface area contributed by atoms with E-state index in [2.05, 4.69) is 28.1 Å². The van der Waals surface area contributed by atoms with Crippen LogP contribution < -0.4 is 5.32 Å². The van der Waals surface area contributed by atoms with E-state index in [1.165, 1.54) is 51.0 Å². The average molecular weight is 277 g/mol. The lowest BCUT2D eigenvalue weighted by Crippen LogP contribution is -2.36. The van der Waals surface area contributed by atoms with E-state index >= 15 is 0 Å². The van der Waals surface area contributed by atoms with E-state index in [1.54, 1.807) is 0 Å². The molecule has 0 amide bonds. The first-order chi connectivity index (χ1) is 9.76. The molecule has 0 spiro atoms. The lowest BCUT2D eigenvalue weighted by Gasteiger charge is -2.24. The second-order valence-corrected chi connectivity index (χ2v) is 6.27. The summed E-state index contributed by atoms with van der Waals surface area (Å²) in [5, 5.41) is 3.17. The summed E-state index contributed by atoms with van der Waals surface area (Å²) in [5.74, 6) is 2.21. The highest BCUT2D eigenvalue weighted by Gasteiger charge is 2.28. The van der Waals surface area contributed by atoms with Crippen molar-refractivity contribution in [2.75, 3.05) is 33.2 Å². The van der Waals surface area contributed by atoms with Crippen molar-refractivity contribution in [1.82, 2.24) is 15.1 Å². The first-order valence-electron chi connectivity index (χ1n) is 7.95. The Morgan fingerprint density at radius 3 is 3.00 bits per heavy atom. The van der Waals surface area contributed by atoms with Gasteiger partial charge in [0, 0.05) is 12.6 Å². The van der Waals surface area contributed by atoms with Gasteiger partial charge in [-0.1, -0.05) is 0 Å². The first kappa shape index (κ1) is 14.1. The van der Waals surface area contributed by atoms with Gasteiger partial charge in [-0.2, -0.15) is 0 Å². The fourth-order valence-corrected chi connectivity index (χ4v) is 3.65. The van der Waals surface area contributed by atoms with Crippen molar-refractivity contribution < 1.29 is 4.42 Å². The van der Waals surface area contributed by atoms with Gasteiger partial charge in [0.15, 0.2) is 0 Å². The summed E-state index contributed by atoms with van der Waals surface area (Å²) in [4.78, 5) is 5.26. The summed E-state index contributed by atoms with van der Waals surface area (Å²) >= 11 is 0. The minimum Gasteiger partial charge on any atom is -0.463 e. The zero-order valence-electron chi connectivity index (χ0n) is 12.8. The maximum absolute atomic E-state index is 5.99. The molecule has 4 heteroatoms. The molecule has 0 radical (unpaired) electrons. The van der Waals surface area contributed by atoms with E-state index in [0.717, 1.165) is 30.7 Å². The van der Waals surface area contributed by atoms with Crippen LogP contribution in [0.2, 0.25) is 0 Å². The predicted molar refractivity (Wildman–Crippen MR) is 80.7 cm³/mol. The molecule has 1 aromatic rings. The minimum absolute atomic E-state index is 0.783. The first-order valence-corrected chi connectivity index (χ1v) is 7.95. The Bertz CT molecular complexity index is 443. The summed E-state index contributed by atoms with van der Waals surface area (Å²) in [6, 6.07) is 3.00. The van der Waals surface area contributed by atoms with Crippen molar-refractivity contribution in [2.24, 2.45) is 0 Å². The van der Waals surface area contributed by atoms with Gasteiger partial charge >= 0.3 is 0 Å². The second-order valence-electron chi connectivity index (χ2n) is 6.27. The maximum atomic E-state index is 5.99. The zero-order chi connectivity index (χ0) is 13.9. The number of rotatable bonds is 4. The van der Waals surface area contributed by atoms with Crippen LogP contribution in [0.4, 0.5) is 0 Å². The highest BCUT2D eigenvalue weighted by atomic mass is 16.3. The zero-order valence-corrected chi connectivity index (χ0v) is 12.8. The molecule has 0 aliphatic carbocycles. The van der Waals surface area contributed by atoms with E-state index in [9.17, 15) is 0 Å². The lowest BCUT2D eigenvalue weighted by molar-refractivity contribution is 0.204. The summed E-state index contributed by atoms with van der Waals surface area (Å²) in [6.45, 7) is 8.93. The molecule has 0 saturated carbocycles. The van der Waals surface area contributed by atoms with Gasteiger partial charge in [0.25, 0.3) is 0 Å². The van der Waals surface area contributed by atoms with Crippen molar-refractivity contribution >= 4 is 0 Å². The molecule has 1 atom stereocenters. The molecular formula is C16H27N3O. The number of nitrogens with zero attached hydrogens (tertiary/aromatic N) is 2. The molecule has 1 unspecified atom stereocenters. The van der Waals surface area contributed by atoms with Gasteiger partial charge in [0.05, 0.1) is 13.1 Å². The highest BCUT2D eigenvalue weighted by molar-refractivity contribution is 5.20. The molecule has 2 saturated heterocycles. The van der Waals surface area contributed by atoms with E-state index in [1.807, 2.05) is 7.05 Å². The molecule has 1 aromatic heterocycles. The van der Waals surface area contributed by atoms with Crippen molar-refractivity contribution in [2.45, 2.75) is 45.3 Å². The van der Waals surface area contributed by atoms with Gasteiger partial charge in [-0.25, -0.2) is 0 Å². The predicted octanol–water partition coefficient (Wildman–Crippen LogP) is 1.98. The smallest absolute Gasteiger partial charge is 0.120 e. The van der Waals surface area contributed by atoms with Crippen LogP contribution in [-0.4, -0.2) is 49.1 Å². The monoisotopic (exact) mass is 277 g/mol. The van der Waals surface area contributed by atoms with Crippen molar-refractivity contribution in [1.29, 1.82) is 0 Å². The molecule has 20 heavy (non-hydrogen) atoms. The molecule has 0 bridgehead atoms. The van der Waals surface area contributed by atoms with E-state index < -0.39 is 0 Å². The fourth-order valence-electron chi connectivity index (χ4n) is 3.65. The van der Waals surface area contributed by atoms with Crippen LogP contribution in [0.1, 0.15) is 36.3 Å². The quantitative estimate of drug-likeness (QED) is 0.912. The van der Waals surface area contributed by atoms with Crippen LogP contribution >= 0.6 is 0 Å². The SMILES string of the molecule is CNCc1oc(CN2CCCN3CCCC3C2)cc1C. The lowest BCUT2D eigenvalue weighted by atomic mass is 10.2. The van der Waals surface area contributed by atoms with E-state index in [-0.39, 0.29) is 0 Å². The molecule has 2 fully saturated rings. The topological polar surface area (TPSA) is 31.7 Å². The normalized spacial score (nSPS) is 24.8. The van der Waals surface area contributed by atoms with Crippen molar-refractivity contribution in [3.8, 4) is 0 Å².